The first-order valence-electron chi connectivity index (χ1n) is 7.75. The Morgan fingerprint density at radius 2 is 0.909 bits per heavy atom. The van der Waals surface area contributed by atoms with Crippen LogP contribution in [-0.4, -0.2) is 0 Å². The Bertz CT molecular complexity index is 637. The average molecular weight is 287 g/mol. The van der Waals surface area contributed by atoms with Crippen LogP contribution in [-0.2, 0) is 0 Å². The van der Waals surface area contributed by atoms with Gasteiger partial charge in [-0.05, 0) is 23.6 Å². The topological polar surface area (TPSA) is 12.0 Å². The van der Waals surface area contributed by atoms with E-state index in [1.165, 1.54) is 16.7 Å². The lowest BCUT2D eigenvalue weighted by Crippen LogP contribution is -2.25. The molecule has 0 aromatic heterocycles. The van der Waals surface area contributed by atoms with Crippen molar-refractivity contribution < 1.29 is 0 Å². The van der Waals surface area contributed by atoms with Crippen molar-refractivity contribution in [2.75, 3.05) is 0 Å². The predicted molar refractivity (Wildman–Crippen MR) is 92.7 cm³/mol. The fourth-order valence-electron chi connectivity index (χ4n) is 2.76. The molecular formula is C21H21N. The van der Waals surface area contributed by atoms with Gasteiger partial charge in [0.05, 0.1) is 6.04 Å². The fraction of sp³-hybridized carbons (Fsp3) is 0.143. The zero-order valence-corrected chi connectivity index (χ0v) is 12.8. The van der Waals surface area contributed by atoms with Crippen molar-refractivity contribution in [2.24, 2.45) is 0 Å². The van der Waals surface area contributed by atoms with Crippen LogP contribution in [0.4, 0.5) is 0 Å². The zero-order chi connectivity index (χ0) is 15.2. The van der Waals surface area contributed by atoms with Gasteiger partial charge < -0.3 is 0 Å². The highest BCUT2D eigenvalue weighted by Crippen LogP contribution is 2.25. The second kappa shape index (κ2) is 7.06. The van der Waals surface area contributed by atoms with Crippen LogP contribution in [0.3, 0.4) is 0 Å². The van der Waals surface area contributed by atoms with Crippen LogP contribution in [0.25, 0.3) is 0 Å². The van der Waals surface area contributed by atoms with Crippen LogP contribution in [0.5, 0.6) is 0 Å². The lowest BCUT2D eigenvalue weighted by atomic mass is 9.97. The molecule has 3 aromatic carbocycles. The summed E-state index contributed by atoms with van der Waals surface area (Å²) in [6.07, 6.45) is 0. The Balaban J connectivity index is 1.90. The van der Waals surface area contributed by atoms with Gasteiger partial charge in [0.25, 0.3) is 0 Å². The monoisotopic (exact) mass is 287 g/mol. The van der Waals surface area contributed by atoms with Gasteiger partial charge in [-0.3, -0.25) is 5.32 Å². The SMILES string of the molecule is C[C@H](NC(c1ccccc1)c1ccccc1)c1ccccc1. The highest BCUT2D eigenvalue weighted by Gasteiger charge is 2.16. The van der Waals surface area contributed by atoms with Crippen LogP contribution in [0.1, 0.15) is 35.7 Å². The highest BCUT2D eigenvalue weighted by atomic mass is 14.9. The van der Waals surface area contributed by atoms with Gasteiger partial charge in [-0.15, -0.1) is 0 Å². The fourth-order valence-corrected chi connectivity index (χ4v) is 2.76. The van der Waals surface area contributed by atoms with E-state index in [9.17, 15) is 0 Å². The Morgan fingerprint density at radius 1 is 0.545 bits per heavy atom. The second-order valence-corrected chi connectivity index (χ2v) is 5.55. The maximum atomic E-state index is 3.77. The first-order chi connectivity index (χ1) is 10.8. The molecule has 0 aliphatic heterocycles. The van der Waals surface area contributed by atoms with E-state index >= 15 is 0 Å². The summed E-state index contributed by atoms with van der Waals surface area (Å²) in [4.78, 5) is 0. The van der Waals surface area contributed by atoms with Gasteiger partial charge in [0.1, 0.15) is 0 Å². The normalized spacial score (nSPS) is 12.3. The molecule has 0 saturated carbocycles. The molecule has 0 fully saturated rings. The maximum Gasteiger partial charge on any atom is 0.0581 e. The quantitative estimate of drug-likeness (QED) is 0.686. The van der Waals surface area contributed by atoms with Gasteiger partial charge in [0, 0.05) is 6.04 Å². The van der Waals surface area contributed by atoms with E-state index < -0.39 is 0 Å². The van der Waals surface area contributed by atoms with Crippen molar-refractivity contribution in [1.82, 2.24) is 5.32 Å². The Labute approximate surface area is 132 Å². The molecule has 0 saturated heterocycles. The lowest BCUT2D eigenvalue weighted by Gasteiger charge is -2.24. The van der Waals surface area contributed by atoms with Crippen LogP contribution in [0, 0.1) is 0 Å². The van der Waals surface area contributed by atoms with Crippen molar-refractivity contribution in [3.05, 3.63) is 108 Å². The lowest BCUT2D eigenvalue weighted by molar-refractivity contribution is 0.516. The van der Waals surface area contributed by atoms with E-state index in [1.807, 2.05) is 0 Å². The number of rotatable bonds is 5. The molecule has 1 atom stereocenters. The number of benzene rings is 3. The third-order valence-corrected chi connectivity index (χ3v) is 3.98. The van der Waals surface area contributed by atoms with E-state index in [4.69, 9.17) is 0 Å². The van der Waals surface area contributed by atoms with E-state index in [2.05, 4.69) is 103 Å². The largest absolute Gasteiger partial charge is 0.300 e. The molecule has 0 amide bonds. The predicted octanol–water partition coefficient (Wildman–Crippen LogP) is 5.13. The van der Waals surface area contributed by atoms with Crippen molar-refractivity contribution in [2.45, 2.75) is 19.0 Å². The molecule has 1 heteroatoms. The Morgan fingerprint density at radius 3 is 1.32 bits per heavy atom. The minimum Gasteiger partial charge on any atom is -0.300 e. The van der Waals surface area contributed by atoms with Crippen LogP contribution < -0.4 is 5.32 Å². The Kier molecular flexibility index (Phi) is 4.67. The molecule has 0 unspecified atom stereocenters. The van der Waals surface area contributed by atoms with Crippen LogP contribution in [0.2, 0.25) is 0 Å². The number of hydrogen-bond acceptors (Lipinski definition) is 1. The summed E-state index contributed by atoms with van der Waals surface area (Å²) in [6.45, 7) is 2.22. The van der Waals surface area contributed by atoms with Gasteiger partial charge >= 0.3 is 0 Å². The molecule has 110 valence electrons. The molecule has 0 heterocycles. The van der Waals surface area contributed by atoms with Crippen molar-refractivity contribution in [1.29, 1.82) is 0 Å². The van der Waals surface area contributed by atoms with E-state index in [0.717, 1.165) is 0 Å². The van der Waals surface area contributed by atoms with E-state index in [0.29, 0.717) is 0 Å². The molecule has 0 spiro atoms. The second-order valence-electron chi connectivity index (χ2n) is 5.55. The molecule has 0 bridgehead atoms. The van der Waals surface area contributed by atoms with Gasteiger partial charge in [0.2, 0.25) is 0 Å². The van der Waals surface area contributed by atoms with Gasteiger partial charge in [-0.2, -0.15) is 0 Å². The minimum atomic E-state index is 0.192. The van der Waals surface area contributed by atoms with Gasteiger partial charge in [0.15, 0.2) is 0 Å². The molecule has 1 nitrogen and oxygen atoms in total. The standard InChI is InChI=1S/C21H21N/c1-17(18-11-5-2-6-12-18)22-21(19-13-7-3-8-14-19)20-15-9-4-10-16-20/h2-17,21-22H,1H3/t17-/m0/s1. The summed E-state index contributed by atoms with van der Waals surface area (Å²) in [7, 11) is 0. The van der Waals surface area contributed by atoms with Crippen molar-refractivity contribution >= 4 is 0 Å². The Hall–Kier alpha value is -2.38. The summed E-state index contributed by atoms with van der Waals surface area (Å²) in [5.41, 5.74) is 3.88. The number of nitrogens with one attached hydrogen (secondary N) is 1. The molecule has 3 aromatic rings. The van der Waals surface area contributed by atoms with Gasteiger partial charge in [-0.1, -0.05) is 91.0 Å². The first-order valence-corrected chi connectivity index (χ1v) is 7.75. The molecule has 3 rings (SSSR count). The number of hydrogen-bond donors (Lipinski definition) is 1. The molecule has 1 N–H and O–H groups in total. The van der Waals surface area contributed by atoms with E-state index in [1.54, 1.807) is 0 Å². The minimum absolute atomic E-state index is 0.192. The smallest absolute Gasteiger partial charge is 0.0581 e. The van der Waals surface area contributed by atoms with Crippen LogP contribution >= 0.6 is 0 Å². The van der Waals surface area contributed by atoms with Crippen molar-refractivity contribution in [3.8, 4) is 0 Å². The summed E-state index contributed by atoms with van der Waals surface area (Å²) in [6, 6.07) is 32.3. The average Bonchev–Trinajstić information content (AvgIpc) is 2.62. The maximum absolute atomic E-state index is 3.77. The molecule has 0 aliphatic rings. The highest BCUT2D eigenvalue weighted by molar-refractivity contribution is 5.32. The summed E-state index contributed by atoms with van der Waals surface area (Å²) < 4.78 is 0. The summed E-state index contributed by atoms with van der Waals surface area (Å²) in [5.74, 6) is 0. The summed E-state index contributed by atoms with van der Waals surface area (Å²) >= 11 is 0. The third kappa shape index (κ3) is 3.44. The van der Waals surface area contributed by atoms with Crippen molar-refractivity contribution in [3.63, 3.8) is 0 Å². The molecule has 22 heavy (non-hydrogen) atoms. The zero-order valence-electron chi connectivity index (χ0n) is 12.8. The van der Waals surface area contributed by atoms with Gasteiger partial charge in [-0.25, -0.2) is 0 Å². The molecule has 0 aliphatic carbocycles. The van der Waals surface area contributed by atoms with Crippen LogP contribution in [0.15, 0.2) is 91.0 Å². The molecular weight excluding hydrogens is 266 g/mol. The summed E-state index contributed by atoms with van der Waals surface area (Å²) in [5, 5.41) is 3.77. The van der Waals surface area contributed by atoms with E-state index in [-0.39, 0.29) is 12.1 Å². The third-order valence-electron chi connectivity index (χ3n) is 3.98. The molecule has 0 radical (unpaired) electrons. The first kappa shape index (κ1) is 14.6.